The predicted octanol–water partition coefficient (Wildman–Crippen LogP) is 3.07. The number of carbonyl (C=O) groups is 1. The maximum absolute atomic E-state index is 13.6. The van der Waals surface area contributed by atoms with E-state index in [1.165, 1.54) is 12.1 Å². The van der Waals surface area contributed by atoms with Gasteiger partial charge in [-0.3, -0.25) is 0 Å². The number of halogens is 3. The van der Waals surface area contributed by atoms with E-state index in [9.17, 15) is 13.6 Å². The molecule has 1 aromatic carbocycles. The molecule has 0 fully saturated rings. The molecule has 0 saturated heterocycles. The Morgan fingerprint density at radius 1 is 1.56 bits per heavy atom. The van der Waals surface area contributed by atoms with E-state index in [1.807, 2.05) is 0 Å². The van der Waals surface area contributed by atoms with E-state index < -0.39 is 24.1 Å². The molecule has 0 radical (unpaired) electrons. The molecule has 0 aliphatic carbocycles. The van der Waals surface area contributed by atoms with Gasteiger partial charge in [-0.1, -0.05) is 11.6 Å². The number of benzene rings is 1. The summed E-state index contributed by atoms with van der Waals surface area (Å²) in [5.41, 5.74) is -0.0755. The average molecular weight is 275 g/mol. The van der Waals surface area contributed by atoms with Gasteiger partial charge in [0.2, 0.25) is 0 Å². The van der Waals surface area contributed by atoms with Crippen molar-refractivity contribution in [1.82, 2.24) is 0 Å². The second kappa shape index (κ2) is 4.57. The minimum absolute atomic E-state index is 0.114. The van der Waals surface area contributed by atoms with E-state index in [0.29, 0.717) is 0 Å². The van der Waals surface area contributed by atoms with Crippen LogP contribution in [0, 0.1) is 5.82 Å². The second-order valence-electron chi connectivity index (χ2n) is 3.93. The SMILES string of the molecule is CC(F)C1Oc2c(F)cc(Cl)cc2C=C1C(=O)O. The van der Waals surface area contributed by atoms with Gasteiger partial charge in [-0.2, -0.15) is 0 Å². The lowest BCUT2D eigenvalue weighted by Gasteiger charge is -2.26. The fraction of sp³-hybridized carbons (Fsp3) is 0.250. The molecular formula is C12H9ClF2O3. The van der Waals surface area contributed by atoms with Gasteiger partial charge in [-0.25, -0.2) is 13.6 Å². The number of rotatable bonds is 2. The summed E-state index contributed by atoms with van der Waals surface area (Å²) in [4.78, 5) is 11.0. The Hall–Kier alpha value is -1.62. The van der Waals surface area contributed by atoms with E-state index in [2.05, 4.69) is 0 Å². The molecule has 0 saturated carbocycles. The van der Waals surface area contributed by atoms with Crippen LogP contribution < -0.4 is 4.74 Å². The molecule has 6 heteroatoms. The molecule has 0 amide bonds. The fourth-order valence-electron chi connectivity index (χ4n) is 1.78. The molecule has 3 nitrogen and oxygen atoms in total. The molecule has 2 unspecified atom stereocenters. The Morgan fingerprint density at radius 2 is 2.22 bits per heavy atom. The minimum atomic E-state index is -1.57. The van der Waals surface area contributed by atoms with Gasteiger partial charge < -0.3 is 9.84 Å². The summed E-state index contributed by atoms with van der Waals surface area (Å²) in [5, 5.41) is 9.09. The monoisotopic (exact) mass is 274 g/mol. The lowest BCUT2D eigenvalue weighted by Crippen LogP contribution is -2.34. The fourth-order valence-corrected chi connectivity index (χ4v) is 1.99. The molecule has 96 valence electrons. The van der Waals surface area contributed by atoms with Crippen molar-refractivity contribution in [1.29, 1.82) is 0 Å². The van der Waals surface area contributed by atoms with Gasteiger partial charge in [0.15, 0.2) is 17.7 Å². The Morgan fingerprint density at radius 3 is 2.78 bits per heavy atom. The quantitative estimate of drug-likeness (QED) is 0.901. The number of carboxylic acids is 1. The molecule has 2 atom stereocenters. The van der Waals surface area contributed by atoms with E-state index in [1.54, 1.807) is 0 Å². The zero-order valence-corrected chi connectivity index (χ0v) is 10.0. The maximum atomic E-state index is 13.6. The third-order valence-corrected chi connectivity index (χ3v) is 2.78. The van der Waals surface area contributed by atoms with Crippen molar-refractivity contribution in [3.05, 3.63) is 34.1 Å². The zero-order valence-electron chi connectivity index (χ0n) is 9.28. The van der Waals surface area contributed by atoms with Crippen LogP contribution in [0.1, 0.15) is 12.5 Å². The first-order valence-electron chi connectivity index (χ1n) is 5.15. The highest BCUT2D eigenvalue weighted by atomic mass is 35.5. The first-order valence-corrected chi connectivity index (χ1v) is 5.52. The van der Waals surface area contributed by atoms with Crippen LogP contribution in [-0.4, -0.2) is 23.4 Å². The van der Waals surface area contributed by atoms with Crippen LogP contribution in [0.4, 0.5) is 8.78 Å². The maximum Gasteiger partial charge on any atom is 0.335 e. The number of fused-ring (bicyclic) bond motifs is 1. The molecule has 1 heterocycles. The Balaban J connectivity index is 2.58. The summed E-state index contributed by atoms with van der Waals surface area (Å²) >= 11 is 5.66. The smallest absolute Gasteiger partial charge is 0.335 e. The molecule has 1 aromatic rings. The highest BCUT2D eigenvalue weighted by molar-refractivity contribution is 6.30. The van der Waals surface area contributed by atoms with Gasteiger partial charge in [0.25, 0.3) is 0 Å². The van der Waals surface area contributed by atoms with Crippen molar-refractivity contribution in [3.8, 4) is 5.75 Å². The van der Waals surface area contributed by atoms with E-state index in [-0.39, 0.29) is 21.9 Å². The number of alkyl halides is 1. The summed E-state index contributed by atoms with van der Waals surface area (Å²) < 4.78 is 32.0. The topological polar surface area (TPSA) is 46.5 Å². The molecular weight excluding hydrogens is 266 g/mol. The summed E-state index contributed by atoms with van der Waals surface area (Å²) in [7, 11) is 0. The van der Waals surface area contributed by atoms with Gasteiger partial charge in [-0.05, 0) is 25.1 Å². The van der Waals surface area contributed by atoms with Crippen molar-refractivity contribution in [2.45, 2.75) is 19.2 Å². The van der Waals surface area contributed by atoms with Crippen LogP contribution in [0.25, 0.3) is 6.08 Å². The average Bonchev–Trinajstić information content (AvgIpc) is 2.26. The number of ether oxygens (including phenoxy) is 1. The number of aliphatic carboxylic acids is 1. The van der Waals surface area contributed by atoms with Crippen LogP contribution in [0.2, 0.25) is 5.02 Å². The molecule has 0 spiro atoms. The van der Waals surface area contributed by atoms with E-state index >= 15 is 0 Å². The molecule has 1 aliphatic heterocycles. The molecule has 0 aromatic heterocycles. The lowest BCUT2D eigenvalue weighted by molar-refractivity contribution is -0.134. The van der Waals surface area contributed by atoms with Crippen molar-refractivity contribution in [3.63, 3.8) is 0 Å². The van der Waals surface area contributed by atoms with Crippen molar-refractivity contribution >= 4 is 23.6 Å². The number of hydrogen-bond acceptors (Lipinski definition) is 2. The summed E-state index contributed by atoms with van der Waals surface area (Å²) in [6, 6.07) is 2.39. The molecule has 1 N–H and O–H groups in total. The van der Waals surface area contributed by atoms with Crippen LogP contribution >= 0.6 is 11.6 Å². The van der Waals surface area contributed by atoms with Gasteiger partial charge in [0.1, 0.15) is 6.17 Å². The predicted molar refractivity (Wildman–Crippen MR) is 62.0 cm³/mol. The van der Waals surface area contributed by atoms with Crippen LogP contribution in [0.5, 0.6) is 5.75 Å². The van der Waals surface area contributed by atoms with Gasteiger partial charge in [0.05, 0.1) is 5.57 Å². The van der Waals surface area contributed by atoms with E-state index in [4.69, 9.17) is 21.4 Å². The Bertz CT molecular complexity index is 540. The van der Waals surface area contributed by atoms with Crippen LogP contribution in [0.15, 0.2) is 17.7 Å². The highest BCUT2D eigenvalue weighted by Gasteiger charge is 2.33. The van der Waals surface area contributed by atoms with Crippen molar-refractivity contribution in [2.75, 3.05) is 0 Å². The first kappa shape index (κ1) is 12.8. The highest BCUT2D eigenvalue weighted by Crippen LogP contribution is 2.35. The third-order valence-electron chi connectivity index (χ3n) is 2.56. The Labute approximate surface area is 107 Å². The van der Waals surface area contributed by atoms with Crippen molar-refractivity contribution < 1.29 is 23.4 Å². The first-order chi connectivity index (χ1) is 8.40. The summed E-state index contributed by atoms with van der Waals surface area (Å²) in [5.74, 6) is -2.24. The standard InChI is InChI=1S/C12H9ClF2O3/c1-5(14)10-8(12(16)17)3-6-2-7(13)4-9(15)11(6)18-10/h2-5,10H,1H3,(H,16,17). The van der Waals surface area contributed by atoms with E-state index in [0.717, 1.165) is 13.0 Å². The molecule has 18 heavy (non-hydrogen) atoms. The largest absolute Gasteiger partial charge is 0.479 e. The third kappa shape index (κ3) is 2.18. The van der Waals surface area contributed by atoms with Gasteiger partial charge in [-0.15, -0.1) is 0 Å². The van der Waals surface area contributed by atoms with Crippen LogP contribution in [-0.2, 0) is 4.79 Å². The summed E-state index contributed by atoms with van der Waals surface area (Å²) in [6.07, 6.45) is -1.72. The summed E-state index contributed by atoms with van der Waals surface area (Å²) in [6.45, 7) is 1.15. The normalized spacial score (nSPS) is 19.6. The Kier molecular flexibility index (Phi) is 3.26. The lowest BCUT2D eigenvalue weighted by atomic mass is 9.99. The molecule has 1 aliphatic rings. The molecule has 2 rings (SSSR count). The van der Waals surface area contributed by atoms with Crippen molar-refractivity contribution in [2.24, 2.45) is 0 Å². The zero-order chi connectivity index (χ0) is 13.4. The van der Waals surface area contributed by atoms with Gasteiger partial charge in [0, 0.05) is 10.6 Å². The molecule has 0 bridgehead atoms. The van der Waals surface area contributed by atoms with Crippen LogP contribution in [0.3, 0.4) is 0 Å². The minimum Gasteiger partial charge on any atom is -0.479 e. The number of hydrogen-bond donors (Lipinski definition) is 1. The second-order valence-corrected chi connectivity index (χ2v) is 4.36. The van der Waals surface area contributed by atoms with Gasteiger partial charge >= 0.3 is 5.97 Å². The number of carboxylic acid groups (broad SMARTS) is 1.